The molecule has 6 nitrogen and oxygen atoms in total. The molecular weight excluding hydrogens is 318 g/mol. The maximum absolute atomic E-state index is 12.2. The molecule has 2 heterocycles. The van der Waals surface area contributed by atoms with Crippen LogP contribution in [-0.2, 0) is 9.59 Å². The largest absolute Gasteiger partial charge is 0.482 e. The van der Waals surface area contributed by atoms with Crippen LogP contribution in [0.3, 0.4) is 0 Å². The summed E-state index contributed by atoms with van der Waals surface area (Å²) in [7, 11) is 0. The lowest BCUT2D eigenvalue weighted by Crippen LogP contribution is -2.43. The fraction of sp³-hybridized carbons (Fsp3) is 0.188. The summed E-state index contributed by atoms with van der Waals surface area (Å²) in [6.07, 6.45) is 1.61. The number of aromatic nitrogens is 1. The van der Waals surface area contributed by atoms with Gasteiger partial charge in [-0.05, 0) is 42.8 Å². The Kier molecular flexibility index (Phi) is 4.16. The quantitative estimate of drug-likeness (QED) is 0.937. The molecule has 2 amide bonds. The molecule has 0 spiro atoms. The van der Waals surface area contributed by atoms with Gasteiger partial charge in [-0.1, -0.05) is 11.6 Å². The summed E-state index contributed by atoms with van der Waals surface area (Å²) in [5.74, 6) is 0.328. The first-order valence-electron chi connectivity index (χ1n) is 6.98. The second-order valence-corrected chi connectivity index (χ2v) is 5.58. The van der Waals surface area contributed by atoms with Crippen molar-refractivity contribution in [3.63, 3.8) is 0 Å². The summed E-state index contributed by atoms with van der Waals surface area (Å²) in [6, 6.07) is 8.54. The topological polar surface area (TPSA) is 71.5 Å². The minimum atomic E-state index is -0.343. The Labute approximate surface area is 138 Å². The molecular formula is C16H14ClN3O3. The molecule has 0 saturated carbocycles. The van der Waals surface area contributed by atoms with Crippen LogP contribution in [0.2, 0.25) is 5.02 Å². The van der Waals surface area contributed by atoms with Gasteiger partial charge in [-0.15, -0.1) is 0 Å². The Morgan fingerprint density at radius 3 is 3.00 bits per heavy atom. The highest BCUT2D eigenvalue weighted by atomic mass is 35.5. The summed E-state index contributed by atoms with van der Waals surface area (Å²) in [6.45, 7) is 1.66. The number of fused-ring (bicyclic) bond motifs is 1. The van der Waals surface area contributed by atoms with Crippen molar-refractivity contribution in [2.24, 2.45) is 0 Å². The van der Waals surface area contributed by atoms with Crippen molar-refractivity contribution < 1.29 is 14.3 Å². The lowest BCUT2D eigenvalue weighted by atomic mass is 10.2. The Hall–Kier alpha value is -2.60. The number of amides is 2. The van der Waals surface area contributed by atoms with Crippen molar-refractivity contribution in [1.29, 1.82) is 0 Å². The van der Waals surface area contributed by atoms with E-state index in [0.717, 1.165) is 5.56 Å². The SMILES string of the molecule is Cc1ccnc(NC(=O)CN2C(=O)COc3ccc(Cl)cc32)c1. The number of carbonyl (C=O) groups excluding carboxylic acids is 2. The molecule has 1 aromatic heterocycles. The molecule has 23 heavy (non-hydrogen) atoms. The average Bonchev–Trinajstić information content (AvgIpc) is 2.50. The van der Waals surface area contributed by atoms with Crippen LogP contribution in [0.4, 0.5) is 11.5 Å². The number of hydrogen-bond acceptors (Lipinski definition) is 4. The first-order valence-corrected chi connectivity index (χ1v) is 7.36. The average molecular weight is 332 g/mol. The van der Waals surface area contributed by atoms with Gasteiger partial charge in [0.15, 0.2) is 6.61 Å². The van der Waals surface area contributed by atoms with Gasteiger partial charge in [0.1, 0.15) is 18.1 Å². The maximum atomic E-state index is 12.2. The van der Waals surface area contributed by atoms with Crippen LogP contribution in [0, 0.1) is 6.92 Å². The standard InChI is InChI=1S/C16H14ClN3O3/c1-10-4-5-18-14(6-10)19-15(21)8-20-12-7-11(17)2-3-13(12)23-9-16(20)22/h2-7H,8-9H2,1H3,(H,18,19,21). The number of pyridine rings is 1. The lowest BCUT2D eigenvalue weighted by molar-refractivity contribution is -0.123. The summed E-state index contributed by atoms with van der Waals surface area (Å²) in [5.41, 5.74) is 1.47. The van der Waals surface area contributed by atoms with E-state index < -0.39 is 0 Å². The molecule has 7 heteroatoms. The highest BCUT2D eigenvalue weighted by Gasteiger charge is 2.27. The van der Waals surface area contributed by atoms with E-state index in [-0.39, 0.29) is 25.0 Å². The molecule has 1 N–H and O–H groups in total. The predicted octanol–water partition coefficient (Wildman–Crippen LogP) is 2.41. The number of hydrogen-bond donors (Lipinski definition) is 1. The van der Waals surface area contributed by atoms with Crippen molar-refractivity contribution in [1.82, 2.24) is 4.98 Å². The molecule has 0 unspecified atom stereocenters. The van der Waals surface area contributed by atoms with Crippen LogP contribution in [0.25, 0.3) is 0 Å². The van der Waals surface area contributed by atoms with E-state index in [1.54, 1.807) is 30.5 Å². The Bertz CT molecular complexity index is 779. The summed E-state index contributed by atoms with van der Waals surface area (Å²) >= 11 is 5.97. The first kappa shape index (κ1) is 15.3. The molecule has 118 valence electrons. The number of nitrogens with one attached hydrogen (secondary N) is 1. The van der Waals surface area contributed by atoms with Gasteiger partial charge in [-0.2, -0.15) is 0 Å². The summed E-state index contributed by atoms with van der Waals surface area (Å²) < 4.78 is 5.34. The minimum Gasteiger partial charge on any atom is -0.482 e. The third-order valence-corrected chi connectivity index (χ3v) is 3.58. The first-order chi connectivity index (χ1) is 11.0. The van der Waals surface area contributed by atoms with Crippen molar-refractivity contribution in [3.05, 3.63) is 47.1 Å². The van der Waals surface area contributed by atoms with Gasteiger partial charge in [0.25, 0.3) is 5.91 Å². The van der Waals surface area contributed by atoms with E-state index in [4.69, 9.17) is 16.3 Å². The minimum absolute atomic E-state index is 0.107. The van der Waals surface area contributed by atoms with E-state index in [0.29, 0.717) is 22.3 Å². The molecule has 0 bridgehead atoms. The fourth-order valence-corrected chi connectivity index (χ4v) is 2.45. The number of ether oxygens (including phenoxy) is 1. The third kappa shape index (κ3) is 3.43. The monoisotopic (exact) mass is 331 g/mol. The Morgan fingerprint density at radius 1 is 1.39 bits per heavy atom. The van der Waals surface area contributed by atoms with Gasteiger partial charge in [-0.25, -0.2) is 4.98 Å². The van der Waals surface area contributed by atoms with Crippen LogP contribution in [0.15, 0.2) is 36.5 Å². The van der Waals surface area contributed by atoms with Crippen LogP contribution in [0.5, 0.6) is 5.75 Å². The molecule has 1 aliphatic heterocycles. The van der Waals surface area contributed by atoms with Gasteiger partial charge in [0.2, 0.25) is 5.91 Å². The van der Waals surface area contributed by atoms with Crippen LogP contribution in [0.1, 0.15) is 5.56 Å². The highest BCUT2D eigenvalue weighted by molar-refractivity contribution is 6.31. The highest BCUT2D eigenvalue weighted by Crippen LogP contribution is 2.34. The maximum Gasteiger partial charge on any atom is 0.265 e. The van der Waals surface area contributed by atoms with Gasteiger partial charge >= 0.3 is 0 Å². The van der Waals surface area contributed by atoms with E-state index in [1.807, 2.05) is 13.0 Å². The van der Waals surface area contributed by atoms with Crippen molar-refractivity contribution in [2.45, 2.75) is 6.92 Å². The predicted molar refractivity (Wildman–Crippen MR) is 86.9 cm³/mol. The molecule has 2 aromatic rings. The number of nitrogens with zero attached hydrogens (tertiary/aromatic N) is 2. The fourth-order valence-electron chi connectivity index (χ4n) is 2.28. The zero-order chi connectivity index (χ0) is 16.4. The second-order valence-electron chi connectivity index (χ2n) is 5.15. The Morgan fingerprint density at radius 2 is 2.22 bits per heavy atom. The summed E-state index contributed by atoms with van der Waals surface area (Å²) in [4.78, 5) is 29.7. The van der Waals surface area contributed by atoms with Gasteiger partial charge in [0.05, 0.1) is 5.69 Å². The second kappa shape index (κ2) is 6.26. The number of anilines is 2. The van der Waals surface area contributed by atoms with Gasteiger partial charge in [-0.3, -0.25) is 14.5 Å². The number of halogens is 1. The van der Waals surface area contributed by atoms with Crippen molar-refractivity contribution in [3.8, 4) is 5.75 Å². The Balaban J connectivity index is 1.78. The normalized spacial score (nSPS) is 13.3. The van der Waals surface area contributed by atoms with Crippen molar-refractivity contribution >= 4 is 34.9 Å². The molecule has 0 radical (unpaired) electrons. The zero-order valence-corrected chi connectivity index (χ0v) is 13.1. The number of carbonyl (C=O) groups is 2. The molecule has 0 atom stereocenters. The number of rotatable bonds is 3. The van der Waals surface area contributed by atoms with Gasteiger partial charge in [0, 0.05) is 11.2 Å². The molecule has 3 rings (SSSR count). The molecule has 0 aliphatic carbocycles. The van der Waals surface area contributed by atoms with Crippen LogP contribution < -0.4 is 15.0 Å². The zero-order valence-electron chi connectivity index (χ0n) is 12.4. The van der Waals surface area contributed by atoms with E-state index >= 15 is 0 Å². The molecule has 0 fully saturated rings. The number of benzene rings is 1. The number of aryl methyl sites for hydroxylation is 1. The van der Waals surface area contributed by atoms with Gasteiger partial charge < -0.3 is 10.1 Å². The van der Waals surface area contributed by atoms with E-state index in [9.17, 15) is 9.59 Å². The van der Waals surface area contributed by atoms with Crippen molar-refractivity contribution in [2.75, 3.05) is 23.4 Å². The van der Waals surface area contributed by atoms with Crippen LogP contribution >= 0.6 is 11.6 Å². The van der Waals surface area contributed by atoms with E-state index in [1.165, 1.54) is 4.90 Å². The third-order valence-electron chi connectivity index (χ3n) is 3.35. The van der Waals surface area contributed by atoms with E-state index in [2.05, 4.69) is 10.3 Å². The molecule has 0 saturated heterocycles. The smallest absolute Gasteiger partial charge is 0.265 e. The lowest BCUT2D eigenvalue weighted by Gasteiger charge is -2.28. The molecule has 1 aromatic carbocycles. The summed E-state index contributed by atoms with van der Waals surface area (Å²) in [5, 5.41) is 3.14. The molecule has 1 aliphatic rings. The van der Waals surface area contributed by atoms with Crippen LogP contribution in [-0.4, -0.2) is 29.9 Å².